The number of rotatable bonds is 5. The number of hydrogen-bond donors (Lipinski definition) is 2. The van der Waals surface area contributed by atoms with Crippen molar-refractivity contribution in [1.29, 1.82) is 0 Å². The van der Waals surface area contributed by atoms with Crippen LogP contribution in [0.1, 0.15) is 32.3 Å². The van der Waals surface area contributed by atoms with Crippen molar-refractivity contribution in [2.24, 2.45) is 0 Å². The van der Waals surface area contributed by atoms with E-state index in [1.807, 2.05) is 44.2 Å². The Labute approximate surface area is 97.5 Å². The van der Waals surface area contributed by atoms with E-state index in [4.69, 9.17) is 5.11 Å². The van der Waals surface area contributed by atoms with E-state index in [0.29, 0.717) is 12.5 Å². The van der Waals surface area contributed by atoms with Crippen molar-refractivity contribution in [2.75, 3.05) is 13.1 Å². The summed E-state index contributed by atoms with van der Waals surface area (Å²) in [6, 6.07) is 10.0. The van der Waals surface area contributed by atoms with Crippen LogP contribution in [0, 0.1) is 0 Å². The standard InChI is InChI=1S/C11H15NO2.C2H6/c1-9(7-12-8-11(13)14)10-5-3-2-4-6-10;1-2/h2-6,9,12H,7-8H2,1H3,(H,13,14);1-2H3. The molecule has 0 heterocycles. The van der Waals surface area contributed by atoms with E-state index in [0.717, 1.165) is 0 Å². The van der Waals surface area contributed by atoms with E-state index < -0.39 is 5.97 Å². The summed E-state index contributed by atoms with van der Waals surface area (Å²) in [5, 5.41) is 11.3. The van der Waals surface area contributed by atoms with E-state index in [9.17, 15) is 4.79 Å². The molecule has 0 saturated heterocycles. The molecule has 2 N–H and O–H groups in total. The molecule has 0 aliphatic rings. The number of aliphatic carboxylic acids is 1. The van der Waals surface area contributed by atoms with Crippen LogP contribution in [0.15, 0.2) is 30.3 Å². The first-order chi connectivity index (χ1) is 7.70. The zero-order valence-corrected chi connectivity index (χ0v) is 10.2. The smallest absolute Gasteiger partial charge is 0.317 e. The Hall–Kier alpha value is -1.35. The minimum atomic E-state index is -0.815. The third-order valence-corrected chi connectivity index (χ3v) is 2.10. The molecule has 0 aliphatic carbocycles. The van der Waals surface area contributed by atoms with Gasteiger partial charge < -0.3 is 10.4 Å². The lowest BCUT2D eigenvalue weighted by Gasteiger charge is -2.11. The number of nitrogens with one attached hydrogen (secondary N) is 1. The van der Waals surface area contributed by atoms with Gasteiger partial charge in [0.25, 0.3) is 0 Å². The molecule has 90 valence electrons. The van der Waals surface area contributed by atoms with E-state index in [1.54, 1.807) is 0 Å². The number of carbonyl (C=O) groups is 1. The third kappa shape index (κ3) is 6.19. The molecule has 0 aliphatic heterocycles. The van der Waals surface area contributed by atoms with Crippen LogP contribution in [-0.4, -0.2) is 24.2 Å². The Kier molecular flexibility index (Phi) is 8.17. The van der Waals surface area contributed by atoms with Gasteiger partial charge in [0.05, 0.1) is 6.54 Å². The summed E-state index contributed by atoms with van der Waals surface area (Å²) >= 11 is 0. The minimum Gasteiger partial charge on any atom is -0.480 e. The molecule has 16 heavy (non-hydrogen) atoms. The molecular formula is C13H21NO2. The van der Waals surface area contributed by atoms with Gasteiger partial charge in [-0.2, -0.15) is 0 Å². The second kappa shape index (κ2) is 8.92. The van der Waals surface area contributed by atoms with Gasteiger partial charge in [-0.05, 0) is 11.5 Å². The van der Waals surface area contributed by atoms with Crippen molar-refractivity contribution in [3.63, 3.8) is 0 Å². The van der Waals surface area contributed by atoms with Gasteiger partial charge in [0.2, 0.25) is 0 Å². The van der Waals surface area contributed by atoms with Crippen LogP contribution in [0.2, 0.25) is 0 Å². The fourth-order valence-corrected chi connectivity index (χ4v) is 1.30. The van der Waals surface area contributed by atoms with Crippen LogP contribution >= 0.6 is 0 Å². The fourth-order valence-electron chi connectivity index (χ4n) is 1.30. The van der Waals surface area contributed by atoms with Crippen molar-refractivity contribution < 1.29 is 9.90 Å². The fraction of sp³-hybridized carbons (Fsp3) is 0.462. The molecule has 1 atom stereocenters. The topological polar surface area (TPSA) is 49.3 Å². The van der Waals surface area contributed by atoms with Crippen LogP contribution in [0.4, 0.5) is 0 Å². The number of hydrogen-bond acceptors (Lipinski definition) is 2. The average Bonchev–Trinajstić information content (AvgIpc) is 2.32. The summed E-state index contributed by atoms with van der Waals surface area (Å²) in [6.07, 6.45) is 0. The van der Waals surface area contributed by atoms with E-state index in [-0.39, 0.29) is 6.54 Å². The Balaban J connectivity index is 0.00000106. The Morgan fingerprint density at radius 3 is 2.38 bits per heavy atom. The van der Waals surface area contributed by atoms with Crippen LogP contribution in [-0.2, 0) is 4.79 Å². The van der Waals surface area contributed by atoms with E-state index in [2.05, 4.69) is 12.2 Å². The molecule has 1 aromatic carbocycles. The van der Waals surface area contributed by atoms with Crippen molar-refractivity contribution in [3.05, 3.63) is 35.9 Å². The molecular weight excluding hydrogens is 202 g/mol. The van der Waals surface area contributed by atoms with Crippen molar-refractivity contribution in [1.82, 2.24) is 5.32 Å². The van der Waals surface area contributed by atoms with Crippen LogP contribution in [0.5, 0.6) is 0 Å². The predicted molar refractivity (Wildman–Crippen MR) is 66.7 cm³/mol. The highest BCUT2D eigenvalue weighted by Crippen LogP contribution is 2.12. The lowest BCUT2D eigenvalue weighted by atomic mass is 10.0. The van der Waals surface area contributed by atoms with Crippen molar-refractivity contribution in [3.8, 4) is 0 Å². The molecule has 1 rings (SSSR count). The first-order valence-corrected chi connectivity index (χ1v) is 5.67. The monoisotopic (exact) mass is 223 g/mol. The summed E-state index contributed by atoms with van der Waals surface area (Å²) in [4.78, 5) is 10.3. The summed E-state index contributed by atoms with van der Waals surface area (Å²) in [7, 11) is 0. The highest BCUT2D eigenvalue weighted by atomic mass is 16.4. The lowest BCUT2D eigenvalue weighted by molar-refractivity contribution is -0.135. The van der Waals surface area contributed by atoms with Gasteiger partial charge in [0.15, 0.2) is 0 Å². The Morgan fingerprint density at radius 1 is 1.31 bits per heavy atom. The summed E-state index contributed by atoms with van der Waals surface area (Å²) in [6.45, 7) is 6.79. The van der Waals surface area contributed by atoms with Gasteiger partial charge in [-0.25, -0.2) is 0 Å². The highest BCUT2D eigenvalue weighted by molar-refractivity contribution is 5.68. The maximum atomic E-state index is 10.3. The molecule has 0 saturated carbocycles. The molecule has 0 fully saturated rings. The normalized spacial score (nSPS) is 11.2. The molecule has 0 radical (unpaired) electrons. The van der Waals surface area contributed by atoms with Crippen molar-refractivity contribution >= 4 is 5.97 Å². The zero-order chi connectivity index (χ0) is 12.4. The SMILES string of the molecule is CC.CC(CNCC(=O)O)c1ccccc1. The van der Waals surface area contributed by atoms with E-state index >= 15 is 0 Å². The quantitative estimate of drug-likeness (QED) is 0.806. The van der Waals surface area contributed by atoms with Gasteiger partial charge in [-0.15, -0.1) is 0 Å². The van der Waals surface area contributed by atoms with E-state index in [1.165, 1.54) is 5.56 Å². The lowest BCUT2D eigenvalue weighted by Crippen LogP contribution is -2.26. The molecule has 0 aromatic heterocycles. The third-order valence-electron chi connectivity index (χ3n) is 2.10. The molecule has 3 nitrogen and oxygen atoms in total. The minimum absolute atomic E-state index is 0.0250. The molecule has 1 unspecified atom stereocenters. The molecule has 3 heteroatoms. The van der Waals surface area contributed by atoms with Gasteiger partial charge in [-0.3, -0.25) is 4.79 Å². The van der Waals surface area contributed by atoms with Crippen LogP contribution in [0.3, 0.4) is 0 Å². The number of carboxylic acid groups (broad SMARTS) is 1. The first kappa shape index (κ1) is 14.6. The van der Waals surface area contributed by atoms with Gasteiger partial charge in [0, 0.05) is 6.54 Å². The Bertz CT molecular complexity index is 285. The predicted octanol–water partition coefficient (Wildman–Crippen LogP) is 2.49. The largest absolute Gasteiger partial charge is 0.480 e. The average molecular weight is 223 g/mol. The van der Waals surface area contributed by atoms with Crippen LogP contribution in [0.25, 0.3) is 0 Å². The van der Waals surface area contributed by atoms with Gasteiger partial charge in [0.1, 0.15) is 0 Å². The molecule has 1 aromatic rings. The number of benzene rings is 1. The maximum Gasteiger partial charge on any atom is 0.317 e. The van der Waals surface area contributed by atoms with Crippen LogP contribution < -0.4 is 5.32 Å². The molecule has 0 bridgehead atoms. The second-order valence-corrected chi connectivity index (χ2v) is 3.34. The summed E-state index contributed by atoms with van der Waals surface area (Å²) in [5.41, 5.74) is 1.23. The number of carboxylic acids is 1. The molecule has 0 spiro atoms. The van der Waals surface area contributed by atoms with Gasteiger partial charge >= 0.3 is 5.97 Å². The highest BCUT2D eigenvalue weighted by Gasteiger charge is 2.04. The zero-order valence-electron chi connectivity index (χ0n) is 10.2. The van der Waals surface area contributed by atoms with Crippen molar-refractivity contribution in [2.45, 2.75) is 26.7 Å². The molecule has 0 amide bonds. The second-order valence-electron chi connectivity index (χ2n) is 3.34. The summed E-state index contributed by atoms with van der Waals surface area (Å²) < 4.78 is 0. The maximum absolute atomic E-state index is 10.3. The summed E-state index contributed by atoms with van der Waals surface area (Å²) in [5.74, 6) is -0.471. The first-order valence-electron chi connectivity index (χ1n) is 5.67. The Morgan fingerprint density at radius 2 is 1.88 bits per heavy atom. The van der Waals surface area contributed by atoms with Gasteiger partial charge in [-0.1, -0.05) is 51.1 Å².